The normalized spacial score (nSPS) is 30.0. The minimum atomic E-state index is -3.74. The van der Waals surface area contributed by atoms with Crippen LogP contribution in [0.2, 0.25) is 0 Å². The van der Waals surface area contributed by atoms with Crippen molar-refractivity contribution in [2.24, 2.45) is 16.1 Å². The smallest absolute Gasteiger partial charge is 0.323 e. The molecule has 0 bridgehead atoms. The van der Waals surface area contributed by atoms with E-state index in [0.29, 0.717) is 11.1 Å². The van der Waals surface area contributed by atoms with Gasteiger partial charge in [0.1, 0.15) is 11.9 Å². The highest BCUT2D eigenvalue weighted by Crippen LogP contribution is 2.53. The number of nitrogens with two attached hydrogens (primary N) is 1. The summed E-state index contributed by atoms with van der Waals surface area (Å²) in [6, 6.07) is -1.00. The Hall–Kier alpha value is -1.92. The highest BCUT2D eigenvalue weighted by Gasteiger charge is 2.68. The lowest BCUT2D eigenvalue weighted by Gasteiger charge is -2.36. The van der Waals surface area contributed by atoms with Crippen LogP contribution < -0.4 is 10.8 Å². The molecular weight excluding hydrogens is 468 g/mol. The van der Waals surface area contributed by atoms with Crippen LogP contribution >= 0.6 is 7.52 Å². The van der Waals surface area contributed by atoms with E-state index in [1.807, 2.05) is 0 Å². The molecule has 0 amide bonds. The molecule has 2 heterocycles. The van der Waals surface area contributed by atoms with Crippen molar-refractivity contribution in [3.8, 4) is 0 Å². The minimum Gasteiger partial charge on any atom is -0.462 e. The van der Waals surface area contributed by atoms with Crippen molar-refractivity contribution in [2.45, 2.75) is 58.1 Å². The number of aliphatic hydroxyl groups is 1. The van der Waals surface area contributed by atoms with E-state index < -0.39 is 74.2 Å². The topological polar surface area (TPSA) is 136 Å². The van der Waals surface area contributed by atoms with E-state index in [9.17, 15) is 18.9 Å². The zero-order valence-electron chi connectivity index (χ0n) is 19.0. The van der Waals surface area contributed by atoms with Crippen LogP contribution in [0.25, 0.3) is 0 Å². The van der Waals surface area contributed by atoms with Gasteiger partial charge >= 0.3 is 11.9 Å². The maximum absolute atomic E-state index is 15.3. The number of amidine groups is 1. The number of rotatable bonds is 9. The maximum Gasteiger partial charge on any atom is 0.323 e. The molecule has 0 spiro atoms. The molecule has 0 aromatic rings. The first kappa shape index (κ1) is 27.3. The van der Waals surface area contributed by atoms with Gasteiger partial charge in [-0.15, -0.1) is 0 Å². The van der Waals surface area contributed by atoms with E-state index in [1.165, 1.54) is 6.92 Å². The van der Waals surface area contributed by atoms with Crippen LogP contribution in [0.15, 0.2) is 29.4 Å². The molecule has 1 fully saturated rings. The molecule has 1 saturated heterocycles. The summed E-state index contributed by atoms with van der Waals surface area (Å²) in [5.74, 6) is -6.28. The molecule has 0 saturated carbocycles. The highest BCUT2D eigenvalue weighted by atomic mass is 31.2. The van der Waals surface area contributed by atoms with E-state index in [1.54, 1.807) is 13.8 Å². The Morgan fingerprint density at radius 2 is 2.09 bits per heavy atom. The molecule has 5 atom stereocenters. The number of hydrogen-bond acceptors (Lipinski definition) is 9. The van der Waals surface area contributed by atoms with Crippen LogP contribution in [0.1, 0.15) is 27.7 Å². The van der Waals surface area contributed by atoms with Gasteiger partial charge in [0.05, 0.1) is 30.8 Å². The fraction of sp³-hybridized carbons (Fsp3) is 0.684. The van der Waals surface area contributed by atoms with Crippen molar-refractivity contribution >= 4 is 19.3 Å². The van der Waals surface area contributed by atoms with Crippen molar-refractivity contribution in [3.63, 3.8) is 0 Å². The molecule has 2 aliphatic rings. The standard InChI is InChI=1S/C19H30F3N4O6P/c1-10(2)31-16(28)11(3)25-33(6,29)30-8-14-18(5,9-27)19(21,22)17(32-14)26-7-13(20)15(23)24-12(26)4/h7,10-11,14,17,27H,4,8-9H2,1-3,5-6H3,(H2,23,24)(H,25,29)/t11-,14+,17+,18?,33?/m0/s1. The van der Waals surface area contributed by atoms with Crippen molar-refractivity contribution < 1.29 is 41.6 Å². The van der Waals surface area contributed by atoms with Gasteiger partial charge in [0.2, 0.25) is 6.23 Å². The largest absolute Gasteiger partial charge is 0.462 e. The molecule has 2 unspecified atom stereocenters. The van der Waals surface area contributed by atoms with Crippen LogP contribution in [0.3, 0.4) is 0 Å². The number of aliphatic imine (C=N–C) groups is 1. The first-order valence-electron chi connectivity index (χ1n) is 10.1. The second-order valence-corrected chi connectivity index (χ2v) is 10.7. The van der Waals surface area contributed by atoms with Crippen LogP contribution in [-0.2, 0) is 23.4 Å². The number of aliphatic hydroxyl groups excluding tert-OH is 1. The number of nitrogens with one attached hydrogen (secondary N) is 1. The summed E-state index contributed by atoms with van der Waals surface area (Å²) in [6.07, 6.45) is -3.28. The lowest BCUT2D eigenvalue weighted by Crippen LogP contribution is -2.52. The third-order valence-corrected chi connectivity index (χ3v) is 6.81. The third-order valence-electron chi connectivity index (χ3n) is 5.31. The fourth-order valence-electron chi connectivity index (χ4n) is 3.26. The van der Waals surface area contributed by atoms with Gasteiger partial charge in [-0.05, 0) is 27.7 Å². The van der Waals surface area contributed by atoms with Gasteiger partial charge in [-0.2, -0.15) is 0 Å². The van der Waals surface area contributed by atoms with Gasteiger partial charge in [-0.1, -0.05) is 6.58 Å². The van der Waals surface area contributed by atoms with E-state index in [-0.39, 0.29) is 5.82 Å². The predicted molar refractivity (Wildman–Crippen MR) is 114 cm³/mol. The number of carbonyl (C=O) groups excluding carboxylic acids is 1. The molecule has 0 aromatic carbocycles. The molecule has 4 N–H and O–H groups in total. The van der Waals surface area contributed by atoms with Crippen molar-refractivity contribution in [2.75, 3.05) is 19.9 Å². The van der Waals surface area contributed by atoms with Gasteiger partial charge in [0.15, 0.2) is 11.7 Å². The quantitative estimate of drug-likeness (QED) is 0.322. The average molecular weight is 498 g/mol. The van der Waals surface area contributed by atoms with Gasteiger partial charge in [0.25, 0.3) is 7.52 Å². The number of hydrogen-bond donors (Lipinski definition) is 3. The zero-order valence-corrected chi connectivity index (χ0v) is 19.9. The summed E-state index contributed by atoms with van der Waals surface area (Å²) < 4.78 is 73.2. The van der Waals surface area contributed by atoms with Gasteiger partial charge < -0.3 is 24.8 Å². The molecule has 0 radical (unpaired) electrons. The number of alkyl halides is 2. The van der Waals surface area contributed by atoms with Gasteiger partial charge in [-0.25, -0.2) is 23.3 Å². The number of carbonyl (C=O) groups is 1. The summed E-state index contributed by atoms with van der Waals surface area (Å²) >= 11 is 0. The van der Waals surface area contributed by atoms with E-state index >= 15 is 8.78 Å². The fourth-order valence-corrected chi connectivity index (χ4v) is 4.56. The Labute approximate surface area is 190 Å². The second-order valence-electron chi connectivity index (χ2n) is 8.45. The Balaban J connectivity index is 2.17. The van der Waals surface area contributed by atoms with E-state index in [4.69, 9.17) is 19.7 Å². The lowest BCUT2D eigenvalue weighted by molar-refractivity contribution is -0.161. The zero-order chi connectivity index (χ0) is 25.4. The highest BCUT2D eigenvalue weighted by molar-refractivity contribution is 7.56. The molecule has 188 valence electrons. The van der Waals surface area contributed by atoms with Crippen LogP contribution in [0.4, 0.5) is 13.2 Å². The summed E-state index contributed by atoms with van der Waals surface area (Å²) in [7, 11) is -3.69. The predicted octanol–water partition coefficient (Wildman–Crippen LogP) is 2.07. The second kappa shape index (κ2) is 9.75. The van der Waals surface area contributed by atoms with Crippen molar-refractivity contribution in [1.29, 1.82) is 0 Å². The summed E-state index contributed by atoms with van der Waals surface area (Å²) in [4.78, 5) is 16.2. The van der Waals surface area contributed by atoms with E-state index in [0.717, 1.165) is 13.6 Å². The number of ether oxygens (including phenoxy) is 2. The first-order chi connectivity index (χ1) is 15.1. The van der Waals surface area contributed by atoms with Crippen molar-refractivity contribution in [1.82, 2.24) is 9.99 Å². The lowest BCUT2D eigenvalue weighted by atomic mass is 9.80. The van der Waals surface area contributed by atoms with Crippen LogP contribution in [0.5, 0.6) is 0 Å². The first-order valence-corrected chi connectivity index (χ1v) is 12.2. The molecular formula is C19H30F3N4O6P. The molecule has 33 heavy (non-hydrogen) atoms. The van der Waals surface area contributed by atoms with Crippen molar-refractivity contribution in [3.05, 3.63) is 24.4 Å². The Bertz CT molecular complexity index is 899. The monoisotopic (exact) mass is 498 g/mol. The number of nitrogens with zero attached hydrogens (tertiary/aromatic N) is 2. The Morgan fingerprint density at radius 3 is 2.64 bits per heavy atom. The Morgan fingerprint density at radius 1 is 1.48 bits per heavy atom. The third kappa shape index (κ3) is 5.60. The summed E-state index contributed by atoms with van der Waals surface area (Å²) in [5, 5.41) is 12.3. The average Bonchev–Trinajstić information content (AvgIpc) is 2.88. The summed E-state index contributed by atoms with van der Waals surface area (Å²) in [5.41, 5.74) is 3.15. The number of halogens is 3. The van der Waals surface area contributed by atoms with Crippen LogP contribution in [-0.4, -0.2) is 72.1 Å². The molecule has 10 nitrogen and oxygen atoms in total. The van der Waals surface area contributed by atoms with Crippen LogP contribution in [0, 0.1) is 5.41 Å². The maximum atomic E-state index is 15.3. The number of esters is 1. The SMILES string of the molecule is C=C1N=C(N)C(F)=CN1[C@@H]1O[C@H](COP(C)(=O)N[C@@H](C)C(=O)OC(C)C)C(C)(CO)C1(F)F. The minimum absolute atomic E-state index is 0.291. The molecule has 0 aliphatic carbocycles. The Kier molecular flexibility index (Phi) is 8.07. The summed E-state index contributed by atoms with van der Waals surface area (Å²) in [6.45, 7) is 8.75. The van der Waals surface area contributed by atoms with Gasteiger partial charge in [0, 0.05) is 12.9 Å². The molecule has 0 aromatic heterocycles. The molecule has 2 rings (SSSR count). The molecule has 2 aliphatic heterocycles. The molecule has 14 heteroatoms. The van der Waals surface area contributed by atoms with E-state index in [2.05, 4.69) is 16.7 Å². The van der Waals surface area contributed by atoms with Gasteiger partial charge in [-0.3, -0.25) is 14.3 Å².